The van der Waals surface area contributed by atoms with Gasteiger partial charge < -0.3 is 9.47 Å². The third-order valence-corrected chi connectivity index (χ3v) is 3.04. The molecule has 1 aliphatic carbocycles. The van der Waals surface area contributed by atoms with E-state index in [1.54, 1.807) is 0 Å². The van der Waals surface area contributed by atoms with Crippen LogP contribution >= 0.6 is 0 Å². The molecule has 0 N–H and O–H groups in total. The SMILES string of the molecule is c1ccc(C(OC[C@H]2CO2)C2CC2)cc1. The summed E-state index contributed by atoms with van der Waals surface area (Å²) in [6.45, 7) is 1.64. The fourth-order valence-electron chi connectivity index (χ4n) is 1.92. The van der Waals surface area contributed by atoms with Gasteiger partial charge in [-0.25, -0.2) is 0 Å². The molecule has 1 unspecified atom stereocenters. The van der Waals surface area contributed by atoms with E-state index in [-0.39, 0.29) is 0 Å². The molecule has 1 aromatic carbocycles. The molecule has 1 aliphatic heterocycles. The van der Waals surface area contributed by atoms with Crippen molar-refractivity contribution in [2.75, 3.05) is 13.2 Å². The minimum Gasteiger partial charge on any atom is -0.371 e. The lowest BCUT2D eigenvalue weighted by Crippen LogP contribution is -2.10. The summed E-state index contributed by atoms with van der Waals surface area (Å²) in [6.07, 6.45) is 3.29. The van der Waals surface area contributed by atoms with E-state index in [0.717, 1.165) is 19.1 Å². The van der Waals surface area contributed by atoms with Crippen molar-refractivity contribution in [2.45, 2.75) is 25.0 Å². The van der Waals surface area contributed by atoms with Gasteiger partial charge in [-0.2, -0.15) is 0 Å². The second-order valence-electron chi connectivity index (χ2n) is 4.46. The predicted molar refractivity (Wildman–Crippen MR) is 57.6 cm³/mol. The number of hydrogen-bond acceptors (Lipinski definition) is 2. The van der Waals surface area contributed by atoms with Crippen LogP contribution in [0.4, 0.5) is 0 Å². The average molecular weight is 204 g/mol. The van der Waals surface area contributed by atoms with Crippen molar-refractivity contribution >= 4 is 0 Å². The zero-order valence-corrected chi connectivity index (χ0v) is 8.76. The maximum absolute atomic E-state index is 5.95. The summed E-state index contributed by atoms with van der Waals surface area (Å²) in [7, 11) is 0. The second-order valence-corrected chi connectivity index (χ2v) is 4.46. The van der Waals surface area contributed by atoms with Crippen molar-refractivity contribution in [3.05, 3.63) is 35.9 Å². The third kappa shape index (κ3) is 2.39. The van der Waals surface area contributed by atoms with Gasteiger partial charge in [0.2, 0.25) is 0 Å². The quantitative estimate of drug-likeness (QED) is 0.687. The van der Waals surface area contributed by atoms with Crippen LogP contribution in [0.15, 0.2) is 30.3 Å². The van der Waals surface area contributed by atoms with Gasteiger partial charge in [-0.1, -0.05) is 30.3 Å². The maximum atomic E-state index is 5.95. The van der Waals surface area contributed by atoms with E-state index in [9.17, 15) is 0 Å². The molecule has 2 nitrogen and oxygen atoms in total. The van der Waals surface area contributed by atoms with E-state index >= 15 is 0 Å². The molecule has 2 atom stereocenters. The van der Waals surface area contributed by atoms with Crippen molar-refractivity contribution < 1.29 is 9.47 Å². The molecule has 0 bridgehead atoms. The van der Waals surface area contributed by atoms with Crippen molar-refractivity contribution in [3.63, 3.8) is 0 Å². The molecule has 2 heteroatoms. The van der Waals surface area contributed by atoms with Crippen LogP contribution in [0.25, 0.3) is 0 Å². The van der Waals surface area contributed by atoms with Gasteiger partial charge in [0, 0.05) is 0 Å². The van der Waals surface area contributed by atoms with Gasteiger partial charge in [-0.05, 0) is 24.3 Å². The molecule has 0 radical (unpaired) electrons. The Balaban J connectivity index is 1.66. The monoisotopic (exact) mass is 204 g/mol. The first-order chi connectivity index (χ1) is 7.43. The highest BCUT2D eigenvalue weighted by Gasteiger charge is 2.34. The third-order valence-electron chi connectivity index (χ3n) is 3.04. The number of epoxide rings is 1. The molecule has 15 heavy (non-hydrogen) atoms. The van der Waals surface area contributed by atoms with Crippen LogP contribution in [-0.2, 0) is 9.47 Å². The molecular weight excluding hydrogens is 188 g/mol. The fourth-order valence-corrected chi connectivity index (χ4v) is 1.92. The molecular formula is C13H16O2. The zero-order chi connectivity index (χ0) is 10.1. The first-order valence-electron chi connectivity index (χ1n) is 5.71. The molecule has 0 spiro atoms. The van der Waals surface area contributed by atoms with Gasteiger partial charge in [0.1, 0.15) is 6.10 Å². The van der Waals surface area contributed by atoms with Crippen LogP contribution in [0.5, 0.6) is 0 Å². The van der Waals surface area contributed by atoms with Crippen molar-refractivity contribution in [3.8, 4) is 0 Å². The molecule has 80 valence electrons. The normalized spacial score (nSPS) is 26.3. The standard InChI is InChI=1S/C13H16O2/c1-2-4-10(5-3-1)13(11-6-7-11)15-9-12-8-14-12/h1-5,11-13H,6-9H2/t12-,13?/m1/s1. The van der Waals surface area contributed by atoms with Crippen LogP contribution in [0.3, 0.4) is 0 Å². The minimum absolute atomic E-state index is 0.301. The van der Waals surface area contributed by atoms with Crippen LogP contribution < -0.4 is 0 Å². The molecule has 1 saturated heterocycles. The van der Waals surface area contributed by atoms with Crippen molar-refractivity contribution in [2.24, 2.45) is 5.92 Å². The van der Waals surface area contributed by atoms with E-state index in [0.29, 0.717) is 12.2 Å². The van der Waals surface area contributed by atoms with Gasteiger partial charge in [-0.15, -0.1) is 0 Å². The van der Waals surface area contributed by atoms with Gasteiger partial charge >= 0.3 is 0 Å². The highest BCUT2D eigenvalue weighted by Crippen LogP contribution is 2.43. The van der Waals surface area contributed by atoms with E-state index in [4.69, 9.17) is 9.47 Å². The van der Waals surface area contributed by atoms with E-state index in [1.165, 1.54) is 18.4 Å². The summed E-state index contributed by atoms with van der Waals surface area (Å²) in [5.41, 5.74) is 1.32. The number of benzene rings is 1. The Labute approximate surface area is 90.2 Å². The summed E-state index contributed by atoms with van der Waals surface area (Å²) in [5.74, 6) is 0.742. The van der Waals surface area contributed by atoms with Gasteiger partial charge in [0.15, 0.2) is 0 Å². The molecule has 3 rings (SSSR count). The summed E-state index contributed by atoms with van der Waals surface area (Å²) >= 11 is 0. The Bertz CT molecular complexity index is 315. The largest absolute Gasteiger partial charge is 0.371 e. The van der Waals surface area contributed by atoms with Gasteiger partial charge in [0.25, 0.3) is 0 Å². The lowest BCUT2D eigenvalue weighted by atomic mass is 10.1. The highest BCUT2D eigenvalue weighted by molar-refractivity contribution is 5.19. The molecule has 0 amide bonds. The van der Waals surface area contributed by atoms with Crippen LogP contribution in [0, 0.1) is 5.92 Å². The molecule has 1 heterocycles. The minimum atomic E-state index is 0.301. The number of hydrogen-bond donors (Lipinski definition) is 0. The highest BCUT2D eigenvalue weighted by atomic mass is 16.6. The first kappa shape index (κ1) is 9.37. The smallest absolute Gasteiger partial charge is 0.104 e. The number of ether oxygens (including phenoxy) is 2. The van der Waals surface area contributed by atoms with Crippen LogP contribution in [0.2, 0.25) is 0 Å². The Morgan fingerprint density at radius 1 is 1.27 bits per heavy atom. The molecule has 1 saturated carbocycles. The van der Waals surface area contributed by atoms with Crippen LogP contribution in [-0.4, -0.2) is 19.3 Å². The summed E-state index contributed by atoms with van der Waals surface area (Å²) in [6, 6.07) is 10.5. The van der Waals surface area contributed by atoms with Gasteiger partial charge in [0.05, 0.1) is 19.3 Å². The van der Waals surface area contributed by atoms with E-state index in [1.807, 2.05) is 0 Å². The molecule has 2 aliphatic rings. The van der Waals surface area contributed by atoms with E-state index in [2.05, 4.69) is 30.3 Å². The van der Waals surface area contributed by atoms with Crippen LogP contribution in [0.1, 0.15) is 24.5 Å². The molecule has 1 aromatic rings. The lowest BCUT2D eigenvalue weighted by Gasteiger charge is -2.17. The number of rotatable bonds is 5. The Kier molecular flexibility index (Phi) is 2.47. The Morgan fingerprint density at radius 2 is 2.00 bits per heavy atom. The topological polar surface area (TPSA) is 21.8 Å². The fraction of sp³-hybridized carbons (Fsp3) is 0.538. The second kappa shape index (κ2) is 3.95. The molecule has 2 fully saturated rings. The first-order valence-corrected chi connectivity index (χ1v) is 5.71. The van der Waals surface area contributed by atoms with Crippen molar-refractivity contribution in [1.82, 2.24) is 0 Å². The Morgan fingerprint density at radius 3 is 2.60 bits per heavy atom. The summed E-state index contributed by atoms with van der Waals surface area (Å²) in [5, 5.41) is 0. The zero-order valence-electron chi connectivity index (χ0n) is 8.76. The predicted octanol–water partition coefficient (Wildman–Crippen LogP) is 2.55. The van der Waals surface area contributed by atoms with E-state index < -0.39 is 0 Å². The summed E-state index contributed by atoms with van der Waals surface area (Å²) in [4.78, 5) is 0. The average Bonchev–Trinajstić information content (AvgIpc) is 3.14. The maximum Gasteiger partial charge on any atom is 0.104 e. The summed E-state index contributed by atoms with van der Waals surface area (Å²) < 4.78 is 11.1. The molecule has 0 aromatic heterocycles. The van der Waals surface area contributed by atoms with Gasteiger partial charge in [-0.3, -0.25) is 0 Å². The Hall–Kier alpha value is -0.860. The lowest BCUT2D eigenvalue weighted by molar-refractivity contribution is 0.0275. The van der Waals surface area contributed by atoms with Crippen molar-refractivity contribution in [1.29, 1.82) is 0 Å².